The number of hydrogen-bond acceptors (Lipinski definition) is 4. The molecular formula is C17H20N4O2S. The minimum Gasteiger partial charge on any atom is -0.355 e. The van der Waals surface area contributed by atoms with Gasteiger partial charge in [0, 0.05) is 24.0 Å². The summed E-state index contributed by atoms with van der Waals surface area (Å²) in [6.45, 7) is 5.08. The van der Waals surface area contributed by atoms with Crippen molar-refractivity contribution in [3.8, 4) is 0 Å². The Kier molecular flexibility index (Phi) is 4.89. The van der Waals surface area contributed by atoms with Gasteiger partial charge in [0.1, 0.15) is 11.0 Å². The van der Waals surface area contributed by atoms with Crippen LogP contribution in [0.15, 0.2) is 34.2 Å². The van der Waals surface area contributed by atoms with Crippen LogP contribution in [-0.4, -0.2) is 32.7 Å². The number of para-hydroxylation sites is 1. The molecule has 0 atom stereocenters. The minimum atomic E-state index is -0.102. The third-order valence-electron chi connectivity index (χ3n) is 3.80. The number of hydrogen-bond donors (Lipinski definition) is 2. The van der Waals surface area contributed by atoms with E-state index in [1.807, 2.05) is 38.1 Å². The zero-order valence-electron chi connectivity index (χ0n) is 13.8. The fourth-order valence-corrected chi connectivity index (χ4v) is 3.50. The van der Waals surface area contributed by atoms with E-state index in [9.17, 15) is 9.59 Å². The molecule has 7 heteroatoms. The number of nitrogens with zero attached hydrogens (tertiary/aromatic N) is 2. The number of carbonyl (C=O) groups excluding carboxylic acids is 1. The van der Waals surface area contributed by atoms with Crippen LogP contribution in [0.1, 0.15) is 20.3 Å². The van der Waals surface area contributed by atoms with Gasteiger partial charge in [0.05, 0.1) is 5.75 Å². The number of carbonyl (C=O) groups is 1. The first-order valence-corrected chi connectivity index (χ1v) is 9.05. The van der Waals surface area contributed by atoms with Gasteiger partial charge in [-0.05, 0) is 19.4 Å². The molecule has 0 bridgehead atoms. The van der Waals surface area contributed by atoms with Gasteiger partial charge in [0.25, 0.3) is 5.56 Å². The normalized spacial score (nSPS) is 11.2. The van der Waals surface area contributed by atoms with Crippen molar-refractivity contribution in [2.75, 3.05) is 12.3 Å². The maximum absolute atomic E-state index is 12.7. The summed E-state index contributed by atoms with van der Waals surface area (Å²) >= 11 is 1.30. The maximum atomic E-state index is 12.7. The van der Waals surface area contributed by atoms with E-state index in [2.05, 4.69) is 15.3 Å². The van der Waals surface area contributed by atoms with Gasteiger partial charge in [-0.2, -0.15) is 0 Å². The molecule has 3 rings (SSSR count). The van der Waals surface area contributed by atoms with Crippen LogP contribution >= 0.6 is 11.8 Å². The van der Waals surface area contributed by atoms with Gasteiger partial charge in [-0.15, -0.1) is 0 Å². The molecule has 2 N–H and O–H groups in total. The highest BCUT2D eigenvalue weighted by Crippen LogP contribution is 2.24. The van der Waals surface area contributed by atoms with Gasteiger partial charge in [-0.1, -0.05) is 36.9 Å². The zero-order valence-corrected chi connectivity index (χ0v) is 14.6. The van der Waals surface area contributed by atoms with Crippen LogP contribution in [0.3, 0.4) is 0 Å². The number of H-pyrrole nitrogens is 1. The molecule has 1 aromatic carbocycles. The Balaban J connectivity index is 2.02. The first kappa shape index (κ1) is 16.6. The van der Waals surface area contributed by atoms with E-state index in [-0.39, 0.29) is 17.2 Å². The molecule has 2 heterocycles. The van der Waals surface area contributed by atoms with Gasteiger partial charge in [-0.25, -0.2) is 4.98 Å². The molecule has 0 aliphatic rings. The predicted octanol–water partition coefficient (Wildman–Crippen LogP) is 2.52. The summed E-state index contributed by atoms with van der Waals surface area (Å²) in [5.74, 6) is 0.207. The number of fused-ring (bicyclic) bond motifs is 3. The molecule has 6 nitrogen and oxygen atoms in total. The molecule has 0 saturated carbocycles. The lowest BCUT2D eigenvalue weighted by Crippen LogP contribution is -2.27. The summed E-state index contributed by atoms with van der Waals surface area (Å²) in [4.78, 5) is 32.4. The first-order chi connectivity index (χ1) is 11.7. The van der Waals surface area contributed by atoms with E-state index >= 15 is 0 Å². The molecule has 2 aromatic heterocycles. The molecule has 1 amide bonds. The van der Waals surface area contributed by atoms with Crippen molar-refractivity contribution in [1.82, 2.24) is 19.9 Å². The lowest BCUT2D eigenvalue weighted by molar-refractivity contribution is -0.118. The van der Waals surface area contributed by atoms with Crippen LogP contribution in [0.2, 0.25) is 0 Å². The number of rotatable bonds is 6. The Hall–Kier alpha value is -2.28. The highest BCUT2D eigenvalue weighted by atomic mass is 32.2. The molecule has 24 heavy (non-hydrogen) atoms. The highest BCUT2D eigenvalue weighted by molar-refractivity contribution is 7.99. The molecule has 0 aliphatic carbocycles. The second kappa shape index (κ2) is 7.09. The number of amides is 1. The number of aromatic nitrogens is 3. The number of aromatic amines is 1. The van der Waals surface area contributed by atoms with Crippen molar-refractivity contribution in [2.45, 2.75) is 32.0 Å². The van der Waals surface area contributed by atoms with E-state index in [0.717, 1.165) is 17.3 Å². The molecule has 0 fully saturated rings. The molecule has 0 radical (unpaired) electrons. The summed E-state index contributed by atoms with van der Waals surface area (Å²) in [5, 5.41) is 4.33. The third kappa shape index (κ3) is 3.03. The molecule has 0 unspecified atom stereocenters. The van der Waals surface area contributed by atoms with Crippen LogP contribution in [0.4, 0.5) is 0 Å². The fourth-order valence-electron chi connectivity index (χ4n) is 2.61. The minimum absolute atomic E-state index is 0.0437. The monoisotopic (exact) mass is 344 g/mol. The van der Waals surface area contributed by atoms with Gasteiger partial charge in [0.15, 0.2) is 5.16 Å². The van der Waals surface area contributed by atoms with E-state index < -0.39 is 0 Å². The topological polar surface area (TPSA) is 79.8 Å². The van der Waals surface area contributed by atoms with Gasteiger partial charge < -0.3 is 10.3 Å². The van der Waals surface area contributed by atoms with Gasteiger partial charge >= 0.3 is 0 Å². The average molecular weight is 344 g/mol. The SMILES string of the molecule is CCCNC(=O)CSc1nc2c([nH]c3ccccc32)c(=O)n1CC. The molecule has 0 aliphatic heterocycles. The second-order valence-electron chi connectivity index (χ2n) is 5.48. The Morgan fingerprint density at radius 1 is 1.33 bits per heavy atom. The number of thioether (sulfide) groups is 1. The van der Waals surface area contributed by atoms with Crippen LogP contribution in [0.25, 0.3) is 21.9 Å². The van der Waals surface area contributed by atoms with E-state index in [1.165, 1.54) is 11.8 Å². The molecule has 0 spiro atoms. The molecule has 0 saturated heterocycles. The first-order valence-electron chi connectivity index (χ1n) is 8.06. The standard InChI is InChI=1S/C17H20N4O2S/c1-3-9-18-13(22)10-24-17-20-14-11-7-5-6-8-12(11)19-15(14)16(23)21(17)4-2/h5-8,19H,3-4,9-10H2,1-2H3,(H,18,22). The summed E-state index contributed by atoms with van der Waals surface area (Å²) in [5.41, 5.74) is 1.97. The summed E-state index contributed by atoms with van der Waals surface area (Å²) < 4.78 is 1.61. The van der Waals surface area contributed by atoms with Gasteiger partial charge in [0.2, 0.25) is 5.91 Å². The summed E-state index contributed by atoms with van der Waals surface area (Å²) in [6, 6.07) is 7.72. The summed E-state index contributed by atoms with van der Waals surface area (Å²) in [6.07, 6.45) is 0.898. The molecule has 3 aromatic rings. The van der Waals surface area contributed by atoms with Crippen LogP contribution in [0.5, 0.6) is 0 Å². The van der Waals surface area contributed by atoms with Crippen molar-refractivity contribution < 1.29 is 4.79 Å². The van der Waals surface area contributed by atoms with E-state index in [0.29, 0.717) is 29.3 Å². The summed E-state index contributed by atoms with van der Waals surface area (Å²) in [7, 11) is 0. The van der Waals surface area contributed by atoms with Crippen molar-refractivity contribution in [1.29, 1.82) is 0 Å². The van der Waals surface area contributed by atoms with Crippen molar-refractivity contribution >= 4 is 39.6 Å². The van der Waals surface area contributed by atoms with Crippen molar-refractivity contribution in [3.63, 3.8) is 0 Å². The average Bonchev–Trinajstić information content (AvgIpc) is 2.97. The van der Waals surface area contributed by atoms with Crippen LogP contribution < -0.4 is 10.9 Å². The lowest BCUT2D eigenvalue weighted by atomic mass is 10.2. The molecular weight excluding hydrogens is 324 g/mol. The largest absolute Gasteiger partial charge is 0.355 e. The van der Waals surface area contributed by atoms with Crippen LogP contribution in [0, 0.1) is 0 Å². The Labute approximate surface area is 143 Å². The second-order valence-corrected chi connectivity index (χ2v) is 6.42. The Morgan fingerprint density at radius 2 is 2.12 bits per heavy atom. The zero-order chi connectivity index (χ0) is 17.1. The fraction of sp³-hybridized carbons (Fsp3) is 0.353. The predicted molar refractivity (Wildman–Crippen MR) is 97.6 cm³/mol. The number of benzene rings is 1. The molecule has 126 valence electrons. The smallest absolute Gasteiger partial charge is 0.278 e. The Bertz CT molecular complexity index is 945. The lowest BCUT2D eigenvalue weighted by Gasteiger charge is -2.09. The van der Waals surface area contributed by atoms with Crippen molar-refractivity contribution in [3.05, 3.63) is 34.6 Å². The Morgan fingerprint density at radius 3 is 2.88 bits per heavy atom. The number of nitrogens with one attached hydrogen (secondary N) is 2. The maximum Gasteiger partial charge on any atom is 0.278 e. The van der Waals surface area contributed by atoms with E-state index in [1.54, 1.807) is 4.57 Å². The van der Waals surface area contributed by atoms with Crippen LogP contribution in [-0.2, 0) is 11.3 Å². The van der Waals surface area contributed by atoms with Crippen molar-refractivity contribution in [2.24, 2.45) is 0 Å². The third-order valence-corrected chi connectivity index (χ3v) is 4.77. The van der Waals surface area contributed by atoms with E-state index in [4.69, 9.17) is 0 Å². The van der Waals surface area contributed by atoms with Gasteiger partial charge in [-0.3, -0.25) is 14.2 Å². The highest BCUT2D eigenvalue weighted by Gasteiger charge is 2.15. The quantitative estimate of drug-likeness (QED) is 0.532.